The van der Waals surface area contributed by atoms with E-state index in [0.717, 1.165) is 25.0 Å². The van der Waals surface area contributed by atoms with Crippen LogP contribution in [0.25, 0.3) is 16.7 Å². The van der Waals surface area contributed by atoms with Crippen molar-refractivity contribution >= 4 is 22.5 Å². The van der Waals surface area contributed by atoms with Crippen molar-refractivity contribution in [2.75, 3.05) is 0 Å². The molecule has 1 aliphatic rings. The van der Waals surface area contributed by atoms with Crippen LogP contribution in [0, 0.1) is 11.7 Å². The molecule has 4 rings (SSSR count). The smallest absolute Gasteiger partial charge is 0.267 e. The minimum Gasteiger partial charge on any atom is -0.331 e. The fourth-order valence-electron chi connectivity index (χ4n) is 2.73. The summed E-state index contributed by atoms with van der Waals surface area (Å²) in [7, 11) is 0. The zero-order valence-corrected chi connectivity index (χ0v) is 12.7. The van der Waals surface area contributed by atoms with Gasteiger partial charge in [0, 0.05) is 0 Å². The van der Waals surface area contributed by atoms with Crippen LogP contribution >= 0.6 is 11.6 Å². The first-order chi connectivity index (χ1) is 11.1. The van der Waals surface area contributed by atoms with Crippen molar-refractivity contribution in [2.45, 2.75) is 18.9 Å². The Morgan fingerprint density at radius 3 is 2.87 bits per heavy atom. The standard InChI is InChI=1S/C15H13ClFN5O/c16-10-4-8(17)3-9-13(10)21-14(12(18)7-1-2-7)22(15(9)23)11-5-19-6-20-11/h3-7,12H,1-2,18H2,(H,19,20). The molecule has 0 radical (unpaired) electrons. The van der Waals surface area contributed by atoms with Gasteiger partial charge >= 0.3 is 0 Å². The van der Waals surface area contributed by atoms with E-state index >= 15 is 0 Å². The van der Waals surface area contributed by atoms with Gasteiger partial charge in [0.1, 0.15) is 17.5 Å². The Hall–Kier alpha value is -2.25. The van der Waals surface area contributed by atoms with Gasteiger partial charge in [-0.1, -0.05) is 11.6 Å². The number of nitrogens with zero attached hydrogens (tertiary/aromatic N) is 3. The van der Waals surface area contributed by atoms with E-state index in [1.807, 2.05) is 0 Å². The lowest BCUT2D eigenvalue weighted by molar-refractivity contribution is 0.571. The number of rotatable bonds is 3. The summed E-state index contributed by atoms with van der Waals surface area (Å²) in [5.41, 5.74) is 6.11. The molecule has 0 saturated heterocycles. The van der Waals surface area contributed by atoms with E-state index in [9.17, 15) is 9.18 Å². The molecule has 6 nitrogen and oxygen atoms in total. The molecule has 1 unspecified atom stereocenters. The number of H-pyrrole nitrogens is 1. The van der Waals surface area contributed by atoms with Crippen molar-refractivity contribution in [3.05, 3.63) is 51.7 Å². The van der Waals surface area contributed by atoms with E-state index in [1.165, 1.54) is 17.1 Å². The molecule has 1 aliphatic carbocycles. The van der Waals surface area contributed by atoms with Crippen LogP contribution < -0.4 is 11.3 Å². The molecule has 1 aromatic carbocycles. The van der Waals surface area contributed by atoms with Gasteiger partial charge in [-0.25, -0.2) is 18.9 Å². The summed E-state index contributed by atoms with van der Waals surface area (Å²) in [6.45, 7) is 0. The molecular formula is C15H13ClFN5O. The maximum atomic E-state index is 13.6. The molecule has 118 valence electrons. The summed E-state index contributed by atoms with van der Waals surface area (Å²) in [5.74, 6) is 0.545. The Kier molecular flexibility index (Phi) is 3.21. The SMILES string of the molecule is NC(c1nc2c(Cl)cc(F)cc2c(=O)n1-c1cnc[nH]1)C1CC1. The third-order valence-electron chi connectivity index (χ3n) is 4.07. The van der Waals surface area contributed by atoms with Gasteiger partial charge in [0.25, 0.3) is 5.56 Å². The predicted octanol–water partition coefficient (Wildman–Crippen LogP) is 2.31. The van der Waals surface area contributed by atoms with Gasteiger partial charge < -0.3 is 10.7 Å². The normalized spacial score (nSPS) is 16.0. The topological polar surface area (TPSA) is 89.6 Å². The number of aromatic amines is 1. The number of aromatic nitrogens is 4. The lowest BCUT2D eigenvalue weighted by Gasteiger charge is -2.17. The Bertz CT molecular complexity index is 949. The van der Waals surface area contributed by atoms with Crippen LogP contribution in [-0.4, -0.2) is 19.5 Å². The van der Waals surface area contributed by atoms with E-state index in [-0.39, 0.29) is 21.8 Å². The molecule has 2 aromatic heterocycles. The van der Waals surface area contributed by atoms with Crippen molar-refractivity contribution in [3.63, 3.8) is 0 Å². The van der Waals surface area contributed by atoms with E-state index < -0.39 is 17.4 Å². The Morgan fingerprint density at radius 2 is 2.22 bits per heavy atom. The fraction of sp³-hybridized carbons (Fsp3) is 0.267. The second kappa shape index (κ2) is 5.14. The van der Waals surface area contributed by atoms with Crippen LogP contribution in [-0.2, 0) is 0 Å². The molecule has 3 aromatic rings. The maximum Gasteiger partial charge on any atom is 0.267 e. The minimum atomic E-state index is -0.586. The number of nitrogens with two attached hydrogens (primary N) is 1. The highest BCUT2D eigenvalue weighted by Crippen LogP contribution is 2.39. The van der Waals surface area contributed by atoms with Crippen LogP contribution in [0.3, 0.4) is 0 Å². The molecular weight excluding hydrogens is 321 g/mol. The molecule has 0 bridgehead atoms. The highest BCUT2D eigenvalue weighted by molar-refractivity contribution is 6.35. The second-order valence-electron chi connectivity index (χ2n) is 5.69. The predicted molar refractivity (Wildman–Crippen MR) is 84.1 cm³/mol. The highest BCUT2D eigenvalue weighted by Gasteiger charge is 2.33. The summed E-state index contributed by atoms with van der Waals surface area (Å²) in [6.07, 6.45) is 4.94. The lowest BCUT2D eigenvalue weighted by Crippen LogP contribution is -2.29. The molecule has 3 N–H and O–H groups in total. The number of benzene rings is 1. The summed E-state index contributed by atoms with van der Waals surface area (Å²) in [6, 6.07) is 1.88. The average Bonchev–Trinajstić information content (AvgIpc) is 3.23. The van der Waals surface area contributed by atoms with Gasteiger partial charge in [-0.05, 0) is 30.9 Å². The number of hydrogen-bond donors (Lipinski definition) is 2. The molecule has 1 atom stereocenters. The number of hydrogen-bond acceptors (Lipinski definition) is 4. The van der Waals surface area contributed by atoms with Crippen LogP contribution in [0.2, 0.25) is 5.02 Å². The monoisotopic (exact) mass is 333 g/mol. The molecule has 8 heteroatoms. The van der Waals surface area contributed by atoms with E-state index in [2.05, 4.69) is 15.0 Å². The van der Waals surface area contributed by atoms with Gasteiger partial charge in [0.15, 0.2) is 0 Å². The van der Waals surface area contributed by atoms with Crippen molar-refractivity contribution < 1.29 is 4.39 Å². The average molecular weight is 334 g/mol. The first-order valence-electron chi connectivity index (χ1n) is 7.22. The van der Waals surface area contributed by atoms with Crippen molar-refractivity contribution in [3.8, 4) is 5.82 Å². The largest absolute Gasteiger partial charge is 0.331 e. The highest BCUT2D eigenvalue weighted by atomic mass is 35.5. The molecule has 0 amide bonds. The Morgan fingerprint density at radius 1 is 1.43 bits per heavy atom. The third-order valence-corrected chi connectivity index (χ3v) is 4.36. The summed E-state index contributed by atoms with van der Waals surface area (Å²) in [4.78, 5) is 24.2. The van der Waals surface area contributed by atoms with Crippen molar-refractivity contribution in [2.24, 2.45) is 11.7 Å². The van der Waals surface area contributed by atoms with E-state index in [0.29, 0.717) is 11.6 Å². The van der Waals surface area contributed by atoms with E-state index in [1.54, 1.807) is 0 Å². The molecule has 0 spiro atoms. The zero-order valence-electron chi connectivity index (χ0n) is 12.0. The zero-order chi connectivity index (χ0) is 16.1. The second-order valence-corrected chi connectivity index (χ2v) is 6.10. The van der Waals surface area contributed by atoms with Crippen molar-refractivity contribution in [1.29, 1.82) is 0 Å². The van der Waals surface area contributed by atoms with Crippen LogP contribution in [0.4, 0.5) is 4.39 Å². The molecule has 1 saturated carbocycles. The van der Waals surface area contributed by atoms with Crippen LogP contribution in [0.1, 0.15) is 24.7 Å². The number of imidazole rings is 1. The van der Waals surface area contributed by atoms with Gasteiger partial charge in [0.05, 0.1) is 34.5 Å². The summed E-state index contributed by atoms with van der Waals surface area (Å²) < 4.78 is 15.0. The van der Waals surface area contributed by atoms with Crippen LogP contribution in [0.5, 0.6) is 0 Å². The van der Waals surface area contributed by atoms with Gasteiger partial charge in [-0.3, -0.25) is 4.79 Å². The third kappa shape index (κ3) is 2.32. The van der Waals surface area contributed by atoms with Gasteiger partial charge in [0.2, 0.25) is 0 Å². The molecule has 23 heavy (non-hydrogen) atoms. The maximum absolute atomic E-state index is 13.6. The number of fused-ring (bicyclic) bond motifs is 1. The van der Waals surface area contributed by atoms with Crippen LogP contribution in [0.15, 0.2) is 29.5 Å². The fourth-order valence-corrected chi connectivity index (χ4v) is 2.97. The Labute approximate surface area is 135 Å². The van der Waals surface area contributed by atoms with Gasteiger partial charge in [-0.2, -0.15) is 0 Å². The molecule has 1 fully saturated rings. The van der Waals surface area contributed by atoms with Gasteiger partial charge in [-0.15, -0.1) is 0 Å². The first kappa shape index (κ1) is 14.3. The summed E-state index contributed by atoms with van der Waals surface area (Å²) >= 11 is 6.07. The molecule has 2 heterocycles. The Balaban J connectivity index is 2.09. The van der Waals surface area contributed by atoms with Crippen molar-refractivity contribution in [1.82, 2.24) is 19.5 Å². The quantitative estimate of drug-likeness (QED) is 0.769. The number of nitrogens with one attached hydrogen (secondary N) is 1. The van der Waals surface area contributed by atoms with E-state index in [4.69, 9.17) is 17.3 Å². The minimum absolute atomic E-state index is 0.0955. The number of halogens is 2. The lowest BCUT2D eigenvalue weighted by atomic mass is 10.1. The summed E-state index contributed by atoms with van der Waals surface area (Å²) in [5, 5.41) is 0.203. The molecule has 0 aliphatic heterocycles. The first-order valence-corrected chi connectivity index (χ1v) is 7.60.